The summed E-state index contributed by atoms with van der Waals surface area (Å²) in [5, 5.41) is 9.84. The van der Waals surface area contributed by atoms with E-state index in [-0.39, 0.29) is 6.61 Å². The molecule has 0 bridgehead atoms. The van der Waals surface area contributed by atoms with Gasteiger partial charge in [0.2, 0.25) is 0 Å². The van der Waals surface area contributed by atoms with Crippen molar-refractivity contribution < 1.29 is 9.84 Å². The van der Waals surface area contributed by atoms with E-state index < -0.39 is 0 Å². The van der Waals surface area contributed by atoms with Crippen LogP contribution in [0.3, 0.4) is 0 Å². The Kier molecular flexibility index (Phi) is 7.36. The van der Waals surface area contributed by atoms with Gasteiger partial charge >= 0.3 is 0 Å². The molecule has 26 heavy (non-hydrogen) atoms. The Morgan fingerprint density at radius 3 is 2.54 bits per heavy atom. The molecule has 2 aromatic carbocycles. The second-order valence-electron chi connectivity index (χ2n) is 7.09. The van der Waals surface area contributed by atoms with Gasteiger partial charge in [-0.05, 0) is 80.1 Å². The third kappa shape index (κ3) is 6.01. The van der Waals surface area contributed by atoms with Crippen LogP contribution in [0.5, 0.6) is 5.75 Å². The molecule has 1 fully saturated rings. The van der Waals surface area contributed by atoms with E-state index in [2.05, 4.69) is 17.0 Å². The quantitative estimate of drug-likeness (QED) is 0.752. The lowest BCUT2D eigenvalue weighted by Crippen LogP contribution is -2.37. The molecule has 1 aliphatic heterocycles. The molecular formula is C22H28ClNO2. The first-order valence-electron chi connectivity index (χ1n) is 9.52. The van der Waals surface area contributed by atoms with E-state index in [4.69, 9.17) is 21.4 Å². The Balaban J connectivity index is 1.36. The van der Waals surface area contributed by atoms with Crippen LogP contribution >= 0.6 is 11.6 Å². The number of ether oxygens (including phenoxy) is 1. The van der Waals surface area contributed by atoms with Crippen molar-refractivity contribution in [3.63, 3.8) is 0 Å². The van der Waals surface area contributed by atoms with E-state index in [0.29, 0.717) is 13.0 Å². The first kappa shape index (κ1) is 19.2. The maximum Gasteiger partial charge on any atom is 0.119 e. The maximum absolute atomic E-state index is 9.03. The Morgan fingerprint density at radius 2 is 1.81 bits per heavy atom. The fourth-order valence-corrected chi connectivity index (χ4v) is 3.71. The van der Waals surface area contributed by atoms with E-state index in [9.17, 15) is 0 Å². The van der Waals surface area contributed by atoms with Gasteiger partial charge in [-0.3, -0.25) is 4.90 Å². The zero-order valence-corrected chi connectivity index (χ0v) is 16.0. The minimum atomic E-state index is 0.175. The molecule has 0 amide bonds. The molecule has 0 aromatic heterocycles. The number of aliphatic hydroxyl groups is 1. The molecule has 3 rings (SSSR count). The number of likely N-dealkylation sites (tertiary alicyclic amines) is 1. The second kappa shape index (κ2) is 9.96. The highest BCUT2D eigenvalue weighted by atomic mass is 35.5. The van der Waals surface area contributed by atoms with Crippen LogP contribution in [0, 0.1) is 5.92 Å². The monoisotopic (exact) mass is 373 g/mol. The van der Waals surface area contributed by atoms with Crippen molar-refractivity contribution in [2.24, 2.45) is 5.92 Å². The predicted molar refractivity (Wildman–Crippen MR) is 107 cm³/mol. The van der Waals surface area contributed by atoms with Crippen LogP contribution in [0.25, 0.3) is 0 Å². The van der Waals surface area contributed by atoms with Crippen molar-refractivity contribution in [2.45, 2.75) is 25.7 Å². The SMILES string of the molecule is OCCc1cccc(OCCN2CCC(Cc3ccc(Cl)cc3)CC2)c1. The van der Waals surface area contributed by atoms with Gasteiger partial charge in [-0.15, -0.1) is 0 Å². The number of aliphatic hydroxyl groups excluding tert-OH is 1. The van der Waals surface area contributed by atoms with E-state index in [1.54, 1.807) is 0 Å². The number of nitrogens with zero attached hydrogens (tertiary/aromatic N) is 1. The first-order chi connectivity index (χ1) is 12.7. The average molecular weight is 374 g/mol. The number of benzene rings is 2. The lowest BCUT2D eigenvalue weighted by Gasteiger charge is -2.32. The molecule has 0 spiro atoms. The van der Waals surface area contributed by atoms with Crippen molar-refractivity contribution >= 4 is 11.6 Å². The summed E-state index contributed by atoms with van der Waals surface area (Å²) < 4.78 is 5.89. The van der Waals surface area contributed by atoms with Crippen molar-refractivity contribution in [3.05, 3.63) is 64.7 Å². The molecular weight excluding hydrogens is 346 g/mol. The summed E-state index contributed by atoms with van der Waals surface area (Å²) in [6.45, 7) is 4.15. The van der Waals surface area contributed by atoms with Gasteiger partial charge in [-0.2, -0.15) is 0 Å². The summed E-state index contributed by atoms with van der Waals surface area (Å²) in [6, 6.07) is 16.3. The fourth-order valence-electron chi connectivity index (χ4n) is 3.58. The van der Waals surface area contributed by atoms with Gasteiger partial charge in [0.1, 0.15) is 12.4 Å². The fraction of sp³-hybridized carbons (Fsp3) is 0.455. The van der Waals surface area contributed by atoms with Gasteiger partial charge in [-0.1, -0.05) is 35.9 Å². The first-order valence-corrected chi connectivity index (χ1v) is 9.90. The summed E-state index contributed by atoms with van der Waals surface area (Å²) in [4.78, 5) is 2.50. The van der Waals surface area contributed by atoms with Crippen LogP contribution in [0.4, 0.5) is 0 Å². The predicted octanol–water partition coefficient (Wildman–Crippen LogP) is 4.21. The van der Waals surface area contributed by atoms with Crippen LogP contribution in [0.15, 0.2) is 48.5 Å². The lowest BCUT2D eigenvalue weighted by molar-refractivity contribution is 0.155. The minimum absolute atomic E-state index is 0.175. The van der Waals surface area contributed by atoms with E-state index in [0.717, 1.165) is 48.3 Å². The van der Waals surface area contributed by atoms with Gasteiger partial charge in [0.15, 0.2) is 0 Å². The third-order valence-electron chi connectivity index (χ3n) is 5.12. The van der Waals surface area contributed by atoms with Crippen LogP contribution in [0.1, 0.15) is 24.0 Å². The molecule has 1 saturated heterocycles. The summed E-state index contributed by atoms with van der Waals surface area (Å²) in [5.74, 6) is 1.66. The second-order valence-corrected chi connectivity index (χ2v) is 7.52. The van der Waals surface area contributed by atoms with Crippen molar-refractivity contribution in [1.29, 1.82) is 0 Å². The summed E-state index contributed by atoms with van der Waals surface area (Å²) in [5.41, 5.74) is 2.51. The van der Waals surface area contributed by atoms with E-state index in [1.165, 1.54) is 18.4 Å². The van der Waals surface area contributed by atoms with Gasteiger partial charge in [0.25, 0.3) is 0 Å². The molecule has 1 N–H and O–H groups in total. The van der Waals surface area contributed by atoms with Crippen LogP contribution in [0.2, 0.25) is 5.02 Å². The molecule has 0 atom stereocenters. The van der Waals surface area contributed by atoms with Crippen molar-refractivity contribution in [3.8, 4) is 5.75 Å². The Hall–Kier alpha value is -1.55. The molecule has 3 nitrogen and oxygen atoms in total. The largest absolute Gasteiger partial charge is 0.492 e. The smallest absolute Gasteiger partial charge is 0.119 e. The number of piperidine rings is 1. The number of rotatable bonds is 8. The highest BCUT2D eigenvalue weighted by Gasteiger charge is 2.19. The zero-order valence-electron chi connectivity index (χ0n) is 15.2. The molecule has 1 heterocycles. The van der Waals surface area contributed by atoms with Crippen LogP contribution in [-0.4, -0.2) is 42.9 Å². The highest BCUT2D eigenvalue weighted by molar-refractivity contribution is 6.30. The topological polar surface area (TPSA) is 32.7 Å². The van der Waals surface area contributed by atoms with Gasteiger partial charge in [0.05, 0.1) is 0 Å². The van der Waals surface area contributed by atoms with E-state index in [1.807, 2.05) is 36.4 Å². The summed E-state index contributed by atoms with van der Waals surface area (Å²) in [6.07, 6.45) is 4.32. The standard InChI is InChI=1S/C22H28ClNO2/c23-21-6-4-19(5-7-21)16-20-8-11-24(12-9-20)13-15-26-22-3-1-2-18(17-22)10-14-25/h1-7,17,20,25H,8-16H2. The van der Waals surface area contributed by atoms with Crippen LogP contribution in [-0.2, 0) is 12.8 Å². The molecule has 140 valence electrons. The number of halogens is 1. The minimum Gasteiger partial charge on any atom is -0.492 e. The highest BCUT2D eigenvalue weighted by Crippen LogP contribution is 2.22. The normalized spacial score (nSPS) is 15.9. The van der Waals surface area contributed by atoms with Crippen LogP contribution < -0.4 is 4.74 Å². The number of hydrogen-bond donors (Lipinski definition) is 1. The molecule has 4 heteroatoms. The Morgan fingerprint density at radius 1 is 1.04 bits per heavy atom. The maximum atomic E-state index is 9.03. The summed E-state index contributed by atoms with van der Waals surface area (Å²) in [7, 11) is 0. The van der Waals surface area contributed by atoms with Gasteiger partial charge in [-0.25, -0.2) is 0 Å². The molecule has 0 saturated carbocycles. The Bertz CT molecular complexity index is 666. The van der Waals surface area contributed by atoms with E-state index >= 15 is 0 Å². The molecule has 1 aliphatic rings. The molecule has 0 aliphatic carbocycles. The average Bonchev–Trinajstić information content (AvgIpc) is 2.66. The van der Waals surface area contributed by atoms with Crippen molar-refractivity contribution in [2.75, 3.05) is 32.8 Å². The molecule has 2 aromatic rings. The third-order valence-corrected chi connectivity index (χ3v) is 5.37. The molecule has 0 radical (unpaired) electrons. The Labute approximate surface area is 161 Å². The van der Waals surface area contributed by atoms with Gasteiger partial charge < -0.3 is 9.84 Å². The summed E-state index contributed by atoms with van der Waals surface area (Å²) >= 11 is 5.96. The lowest BCUT2D eigenvalue weighted by atomic mass is 9.90. The van der Waals surface area contributed by atoms with Crippen molar-refractivity contribution in [1.82, 2.24) is 4.90 Å². The molecule has 0 unspecified atom stereocenters. The van der Waals surface area contributed by atoms with Gasteiger partial charge in [0, 0.05) is 18.2 Å². The number of hydrogen-bond acceptors (Lipinski definition) is 3. The zero-order chi connectivity index (χ0) is 18.2.